The molecular weight excluding hydrogens is 386 g/mol. The number of carbonyl (C=O) groups is 2. The highest BCUT2D eigenvalue weighted by Crippen LogP contribution is 2.40. The maximum absolute atomic E-state index is 12.7. The number of anilines is 1. The molecule has 0 bridgehead atoms. The predicted molar refractivity (Wildman–Crippen MR) is 112 cm³/mol. The van der Waals surface area contributed by atoms with Crippen LogP contribution in [0.2, 0.25) is 0 Å². The van der Waals surface area contributed by atoms with Crippen LogP contribution >= 0.6 is 11.8 Å². The number of hydrogen-bond acceptors (Lipinski definition) is 5. The van der Waals surface area contributed by atoms with E-state index in [0.717, 1.165) is 21.9 Å². The minimum atomic E-state index is -0.177. The third-order valence-corrected chi connectivity index (χ3v) is 5.77. The van der Waals surface area contributed by atoms with Gasteiger partial charge in [0.2, 0.25) is 0 Å². The molecule has 0 saturated carbocycles. The molecule has 1 aliphatic heterocycles. The first-order valence-electron chi connectivity index (χ1n) is 9.03. The van der Waals surface area contributed by atoms with E-state index >= 15 is 0 Å². The molecule has 7 heteroatoms. The van der Waals surface area contributed by atoms with E-state index in [1.165, 1.54) is 11.8 Å². The third kappa shape index (κ3) is 3.82. The van der Waals surface area contributed by atoms with Crippen LogP contribution < -0.4 is 15.0 Å². The fourth-order valence-electron chi connectivity index (χ4n) is 3.07. The second-order valence-corrected chi connectivity index (χ2v) is 7.57. The summed E-state index contributed by atoms with van der Waals surface area (Å²) in [5.74, 6) is 0.482. The van der Waals surface area contributed by atoms with Crippen molar-refractivity contribution in [2.75, 3.05) is 19.1 Å². The molecule has 29 heavy (non-hydrogen) atoms. The lowest BCUT2D eigenvalue weighted by atomic mass is 10.1. The summed E-state index contributed by atoms with van der Waals surface area (Å²) in [4.78, 5) is 32.1. The van der Waals surface area contributed by atoms with Gasteiger partial charge in [-0.15, -0.1) is 0 Å². The molecule has 1 aromatic heterocycles. The summed E-state index contributed by atoms with van der Waals surface area (Å²) in [5, 5.41) is 3.57. The molecule has 0 unspecified atom stereocenters. The number of fused-ring (bicyclic) bond motifs is 2. The number of aromatic nitrogens is 1. The van der Waals surface area contributed by atoms with Crippen molar-refractivity contribution >= 4 is 29.3 Å². The lowest BCUT2D eigenvalue weighted by Gasteiger charge is -2.17. The average molecular weight is 405 g/mol. The van der Waals surface area contributed by atoms with Crippen LogP contribution in [-0.2, 0) is 6.54 Å². The van der Waals surface area contributed by atoms with Gasteiger partial charge < -0.3 is 15.0 Å². The van der Waals surface area contributed by atoms with Gasteiger partial charge in [-0.05, 0) is 48.0 Å². The topological polar surface area (TPSA) is 71.5 Å². The van der Waals surface area contributed by atoms with Gasteiger partial charge in [-0.1, -0.05) is 23.9 Å². The standard InChI is InChI=1S/C22H19N3O3S/c1-25-18-10-7-15(20(26)24-13-14-5-8-16(28-2)9-6-14)12-19(18)29-21-17(22(25)27)4-3-11-23-21/h3-12H,13H2,1-2H3,(H,24,26). The molecule has 1 N–H and O–H groups in total. The molecule has 0 saturated heterocycles. The number of carbonyl (C=O) groups excluding carboxylic acids is 2. The van der Waals surface area contributed by atoms with E-state index in [9.17, 15) is 9.59 Å². The summed E-state index contributed by atoms with van der Waals surface area (Å²) in [7, 11) is 3.35. The molecule has 2 aromatic carbocycles. The van der Waals surface area contributed by atoms with E-state index in [0.29, 0.717) is 22.7 Å². The zero-order valence-corrected chi connectivity index (χ0v) is 16.8. The highest BCUT2D eigenvalue weighted by atomic mass is 32.2. The fourth-order valence-corrected chi connectivity index (χ4v) is 4.15. The van der Waals surface area contributed by atoms with Gasteiger partial charge in [0.1, 0.15) is 10.8 Å². The van der Waals surface area contributed by atoms with Gasteiger partial charge >= 0.3 is 0 Å². The number of benzene rings is 2. The van der Waals surface area contributed by atoms with Crippen molar-refractivity contribution in [1.29, 1.82) is 0 Å². The van der Waals surface area contributed by atoms with Crippen molar-refractivity contribution in [2.45, 2.75) is 16.5 Å². The summed E-state index contributed by atoms with van der Waals surface area (Å²) in [6.07, 6.45) is 1.66. The Kier molecular flexibility index (Phi) is 5.22. The number of pyridine rings is 1. The fraction of sp³-hybridized carbons (Fsp3) is 0.136. The zero-order valence-electron chi connectivity index (χ0n) is 16.0. The monoisotopic (exact) mass is 405 g/mol. The van der Waals surface area contributed by atoms with E-state index in [1.807, 2.05) is 24.3 Å². The van der Waals surface area contributed by atoms with Crippen molar-refractivity contribution in [3.63, 3.8) is 0 Å². The van der Waals surface area contributed by atoms with Crippen LogP contribution in [0.5, 0.6) is 5.75 Å². The van der Waals surface area contributed by atoms with Crippen molar-refractivity contribution in [3.05, 3.63) is 77.5 Å². The minimum Gasteiger partial charge on any atom is -0.497 e. The molecule has 1 aliphatic rings. The molecular formula is C22H19N3O3S. The maximum atomic E-state index is 12.7. The molecule has 0 radical (unpaired) electrons. The highest BCUT2D eigenvalue weighted by molar-refractivity contribution is 7.99. The largest absolute Gasteiger partial charge is 0.497 e. The van der Waals surface area contributed by atoms with Crippen molar-refractivity contribution < 1.29 is 14.3 Å². The van der Waals surface area contributed by atoms with Crippen LogP contribution in [-0.4, -0.2) is 31.0 Å². The summed E-state index contributed by atoms with van der Waals surface area (Å²) in [5.41, 5.74) is 2.82. The van der Waals surface area contributed by atoms with Crippen LogP contribution in [0, 0.1) is 0 Å². The Morgan fingerprint density at radius 3 is 2.72 bits per heavy atom. The van der Waals surface area contributed by atoms with Gasteiger partial charge in [0.15, 0.2) is 0 Å². The normalized spacial score (nSPS) is 12.6. The van der Waals surface area contributed by atoms with E-state index in [1.54, 1.807) is 55.6 Å². The molecule has 4 rings (SSSR count). The lowest BCUT2D eigenvalue weighted by molar-refractivity contribution is 0.0949. The number of nitrogens with one attached hydrogen (secondary N) is 1. The van der Waals surface area contributed by atoms with Gasteiger partial charge in [0.25, 0.3) is 11.8 Å². The van der Waals surface area contributed by atoms with E-state index in [4.69, 9.17) is 4.74 Å². The van der Waals surface area contributed by atoms with Crippen molar-refractivity contribution in [1.82, 2.24) is 10.3 Å². The zero-order chi connectivity index (χ0) is 20.4. The molecule has 0 spiro atoms. The molecule has 0 atom stereocenters. The first-order chi connectivity index (χ1) is 14.1. The molecule has 3 aromatic rings. The van der Waals surface area contributed by atoms with E-state index in [2.05, 4.69) is 10.3 Å². The van der Waals surface area contributed by atoms with E-state index in [-0.39, 0.29) is 11.8 Å². The Balaban J connectivity index is 1.55. The minimum absolute atomic E-state index is 0.115. The molecule has 0 aliphatic carbocycles. The molecule has 0 fully saturated rings. The van der Waals surface area contributed by atoms with Crippen LogP contribution in [0.25, 0.3) is 0 Å². The number of rotatable bonds is 4. The Labute approximate surface area is 172 Å². The molecule has 6 nitrogen and oxygen atoms in total. The first-order valence-corrected chi connectivity index (χ1v) is 9.84. The highest BCUT2D eigenvalue weighted by Gasteiger charge is 2.26. The Bertz CT molecular complexity index is 1080. The number of amides is 2. The van der Waals surface area contributed by atoms with Crippen LogP contribution in [0.1, 0.15) is 26.3 Å². The van der Waals surface area contributed by atoms with Gasteiger partial charge in [0.05, 0.1) is 18.4 Å². The third-order valence-electron chi connectivity index (χ3n) is 4.71. The summed E-state index contributed by atoms with van der Waals surface area (Å²) < 4.78 is 5.15. The Morgan fingerprint density at radius 1 is 1.17 bits per heavy atom. The molecule has 2 amide bonds. The Morgan fingerprint density at radius 2 is 1.97 bits per heavy atom. The first kappa shape index (κ1) is 19.0. The van der Waals surface area contributed by atoms with Gasteiger partial charge in [0, 0.05) is 30.2 Å². The SMILES string of the molecule is COc1ccc(CNC(=O)c2ccc3c(c2)Sc2ncccc2C(=O)N3C)cc1. The number of methoxy groups -OCH3 is 1. The summed E-state index contributed by atoms with van der Waals surface area (Å²) >= 11 is 1.39. The lowest BCUT2D eigenvalue weighted by Crippen LogP contribution is -2.26. The predicted octanol–water partition coefficient (Wildman–Crippen LogP) is 3.76. The second kappa shape index (κ2) is 7.97. The summed E-state index contributed by atoms with van der Waals surface area (Å²) in [6.45, 7) is 0.413. The van der Waals surface area contributed by atoms with Gasteiger partial charge in [-0.2, -0.15) is 0 Å². The van der Waals surface area contributed by atoms with Crippen molar-refractivity contribution in [3.8, 4) is 5.75 Å². The van der Waals surface area contributed by atoms with Gasteiger partial charge in [-0.3, -0.25) is 9.59 Å². The van der Waals surface area contributed by atoms with Crippen LogP contribution in [0.4, 0.5) is 5.69 Å². The van der Waals surface area contributed by atoms with Crippen LogP contribution in [0.15, 0.2) is 70.7 Å². The molecule has 2 heterocycles. The second-order valence-electron chi connectivity index (χ2n) is 6.54. The quantitative estimate of drug-likeness (QED) is 0.716. The van der Waals surface area contributed by atoms with Crippen LogP contribution in [0.3, 0.4) is 0 Å². The smallest absolute Gasteiger partial charge is 0.260 e. The number of nitrogens with zero attached hydrogens (tertiary/aromatic N) is 2. The Hall–Kier alpha value is -3.32. The average Bonchev–Trinajstić information content (AvgIpc) is 2.87. The number of hydrogen-bond donors (Lipinski definition) is 1. The summed E-state index contributed by atoms with van der Waals surface area (Å²) in [6, 6.07) is 16.4. The maximum Gasteiger partial charge on any atom is 0.260 e. The number of ether oxygens (including phenoxy) is 1. The van der Waals surface area contributed by atoms with Crippen molar-refractivity contribution in [2.24, 2.45) is 0 Å². The van der Waals surface area contributed by atoms with Gasteiger partial charge in [-0.25, -0.2) is 4.98 Å². The molecule has 146 valence electrons. The van der Waals surface area contributed by atoms with E-state index < -0.39 is 0 Å².